The Morgan fingerprint density at radius 3 is 1.28 bits per heavy atom. The van der Waals surface area contributed by atoms with E-state index in [1.807, 2.05) is 0 Å². The van der Waals surface area contributed by atoms with E-state index in [0.717, 1.165) is 103 Å². The number of hydrogen-bond acceptors (Lipinski definition) is 5. The van der Waals surface area contributed by atoms with Crippen LogP contribution in [0.2, 0.25) is 0 Å². The summed E-state index contributed by atoms with van der Waals surface area (Å²) in [4.78, 5) is 21.8. The van der Waals surface area contributed by atoms with Crippen LogP contribution in [0.3, 0.4) is 0 Å². The van der Waals surface area contributed by atoms with Crippen molar-refractivity contribution in [3.63, 3.8) is 0 Å². The molecule has 0 radical (unpaired) electrons. The summed E-state index contributed by atoms with van der Waals surface area (Å²) in [7, 11) is 2.84. The minimum absolute atomic E-state index is 0.150. The number of rotatable bonds is 22. The Morgan fingerprint density at radius 2 is 0.915 bits per heavy atom. The number of hydrogen-bond donors (Lipinski definition) is 0. The molecule has 5 nitrogen and oxygen atoms in total. The Bertz CT molecular complexity index is 1060. The SMILES string of the molecule is CC/C=C\CCCCC#CCCCCC#CCCCC(=O)OC.CCC1OC1CCCCC#CCCCCC#CCCCC(=O)OC. The van der Waals surface area contributed by atoms with Crippen LogP contribution in [0.25, 0.3) is 0 Å². The number of carbonyl (C=O) groups is 2. The van der Waals surface area contributed by atoms with E-state index in [9.17, 15) is 9.59 Å². The lowest BCUT2D eigenvalue weighted by Crippen LogP contribution is -1.98. The molecule has 0 amide bonds. The zero-order chi connectivity index (χ0) is 34.5. The van der Waals surface area contributed by atoms with Gasteiger partial charge in [-0.3, -0.25) is 9.59 Å². The molecule has 47 heavy (non-hydrogen) atoms. The Balaban J connectivity index is 0.000000902. The lowest BCUT2D eigenvalue weighted by Gasteiger charge is -1.94. The van der Waals surface area contributed by atoms with Crippen molar-refractivity contribution in [1.82, 2.24) is 0 Å². The summed E-state index contributed by atoms with van der Waals surface area (Å²) in [5, 5.41) is 0. The Morgan fingerprint density at radius 1 is 0.532 bits per heavy atom. The first-order chi connectivity index (χ1) is 23.1. The van der Waals surface area contributed by atoms with Crippen molar-refractivity contribution < 1.29 is 23.8 Å². The first-order valence-corrected chi connectivity index (χ1v) is 18.4. The van der Waals surface area contributed by atoms with Gasteiger partial charge in [0.05, 0.1) is 26.4 Å². The number of methoxy groups -OCH3 is 2. The number of allylic oxidation sites excluding steroid dienone is 2. The van der Waals surface area contributed by atoms with E-state index in [0.29, 0.717) is 25.0 Å². The van der Waals surface area contributed by atoms with Crippen molar-refractivity contribution in [2.45, 2.75) is 180 Å². The van der Waals surface area contributed by atoms with Crippen molar-refractivity contribution in [3.8, 4) is 47.4 Å². The van der Waals surface area contributed by atoms with Gasteiger partial charge in [0.2, 0.25) is 0 Å². The van der Waals surface area contributed by atoms with Gasteiger partial charge in [-0.15, -0.1) is 47.4 Å². The zero-order valence-electron chi connectivity index (χ0n) is 30.3. The molecule has 2 atom stereocenters. The van der Waals surface area contributed by atoms with Gasteiger partial charge in [-0.1, -0.05) is 26.0 Å². The summed E-state index contributed by atoms with van der Waals surface area (Å²) >= 11 is 0. The van der Waals surface area contributed by atoms with E-state index in [2.05, 4.69) is 82.8 Å². The van der Waals surface area contributed by atoms with Gasteiger partial charge in [0.1, 0.15) is 0 Å². The molecule has 1 rings (SSSR count). The summed E-state index contributed by atoms with van der Waals surface area (Å²) in [5.74, 6) is 25.3. The lowest BCUT2D eigenvalue weighted by molar-refractivity contribution is -0.141. The highest BCUT2D eigenvalue weighted by Gasteiger charge is 2.35. The smallest absolute Gasteiger partial charge is 0.305 e. The number of esters is 2. The molecule has 1 aliphatic rings. The molecular weight excluding hydrogens is 584 g/mol. The summed E-state index contributed by atoms with van der Waals surface area (Å²) in [5.41, 5.74) is 0. The third kappa shape index (κ3) is 34.0. The van der Waals surface area contributed by atoms with Crippen LogP contribution >= 0.6 is 0 Å². The van der Waals surface area contributed by atoms with Crippen LogP contribution in [-0.2, 0) is 23.8 Å². The van der Waals surface area contributed by atoms with Gasteiger partial charge >= 0.3 is 11.9 Å². The van der Waals surface area contributed by atoms with E-state index in [1.54, 1.807) is 0 Å². The van der Waals surface area contributed by atoms with Crippen LogP contribution in [0.1, 0.15) is 168 Å². The largest absolute Gasteiger partial charge is 0.469 e. The zero-order valence-corrected chi connectivity index (χ0v) is 30.3. The number of unbranched alkanes of at least 4 members (excludes halogenated alkanes) is 13. The molecule has 0 aromatic carbocycles. The highest BCUT2D eigenvalue weighted by Crippen LogP contribution is 2.29. The second-order valence-corrected chi connectivity index (χ2v) is 11.7. The van der Waals surface area contributed by atoms with Gasteiger partial charge in [-0.25, -0.2) is 0 Å². The fourth-order valence-corrected chi connectivity index (χ4v) is 4.52. The highest BCUT2D eigenvalue weighted by molar-refractivity contribution is 5.69. The van der Waals surface area contributed by atoms with Gasteiger partial charge in [0, 0.05) is 64.2 Å². The van der Waals surface area contributed by atoms with Crippen molar-refractivity contribution in [2.75, 3.05) is 14.2 Å². The van der Waals surface area contributed by atoms with Gasteiger partial charge < -0.3 is 14.2 Å². The van der Waals surface area contributed by atoms with Gasteiger partial charge in [-0.05, 0) is 89.9 Å². The first-order valence-electron chi connectivity index (χ1n) is 18.4. The quantitative estimate of drug-likeness (QED) is 0.0384. The minimum atomic E-state index is -0.151. The minimum Gasteiger partial charge on any atom is -0.469 e. The molecule has 0 bridgehead atoms. The summed E-state index contributed by atoms with van der Waals surface area (Å²) in [6.07, 6.45) is 29.6. The van der Waals surface area contributed by atoms with Crippen molar-refractivity contribution in [2.24, 2.45) is 0 Å². The second-order valence-electron chi connectivity index (χ2n) is 11.7. The van der Waals surface area contributed by atoms with Crippen molar-refractivity contribution >= 4 is 11.9 Å². The fourth-order valence-electron chi connectivity index (χ4n) is 4.52. The Kier molecular flexibility index (Phi) is 33.4. The van der Waals surface area contributed by atoms with Gasteiger partial charge in [0.25, 0.3) is 0 Å². The number of carbonyl (C=O) groups excluding carboxylic acids is 2. The molecule has 1 aliphatic heterocycles. The van der Waals surface area contributed by atoms with E-state index in [-0.39, 0.29) is 11.9 Å². The predicted octanol–water partition coefficient (Wildman–Crippen LogP) is 10.1. The molecule has 0 aliphatic carbocycles. The molecule has 0 saturated carbocycles. The average molecular weight is 649 g/mol. The number of epoxide rings is 1. The van der Waals surface area contributed by atoms with Crippen LogP contribution < -0.4 is 0 Å². The molecule has 0 aromatic heterocycles. The van der Waals surface area contributed by atoms with Crippen LogP contribution in [0.15, 0.2) is 12.2 Å². The molecule has 262 valence electrons. The molecular formula is C42H64O5. The molecule has 2 unspecified atom stereocenters. The summed E-state index contributed by atoms with van der Waals surface area (Å²) in [6.45, 7) is 4.35. The van der Waals surface area contributed by atoms with Crippen LogP contribution in [0.5, 0.6) is 0 Å². The first kappa shape index (κ1) is 43.9. The van der Waals surface area contributed by atoms with Gasteiger partial charge in [-0.2, -0.15) is 0 Å². The second kappa shape index (κ2) is 35.7. The topological polar surface area (TPSA) is 65.1 Å². The molecule has 5 heteroatoms. The third-order valence-corrected chi connectivity index (χ3v) is 7.48. The van der Waals surface area contributed by atoms with Crippen molar-refractivity contribution in [3.05, 3.63) is 12.2 Å². The van der Waals surface area contributed by atoms with E-state index in [1.165, 1.54) is 52.7 Å². The normalized spacial score (nSPS) is 14.0. The monoisotopic (exact) mass is 648 g/mol. The van der Waals surface area contributed by atoms with E-state index in [4.69, 9.17) is 4.74 Å². The standard InChI is InChI=1S/C21H32O3.C21H32O2/c1-3-19-20(24-19)17-15-13-11-9-7-5-4-6-8-10-12-14-16-18-21(22)23-2;1-3-4-5-6-7-8-9-10-11-12-13-14-15-16-17-18-19-20-21(22)23-2/h19-20H,3-6,8,11,13-18H2,1-2H3;4-5H,3,6-9,12-15,18-20H2,1-2H3/b;5-4-. The maximum Gasteiger partial charge on any atom is 0.305 e. The molecule has 1 heterocycles. The maximum atomic E-state index is 10.9. The summed E-state index contributed by atoms with van der Waals surface area (Å²) in [6, 6.07) is 0. The van der Waals surface area contributed by atoms with E-state index >= 15 is 0 Å². The predicted molar refractivity (Wildman–Crippen MR) is 195 cm³/mol. The van der Waals surface area contributed by atoms with Crippen LogP contribution in [-0.4, -0.2) is 38.4 Å². The van der Waals surface area contributed by atoms with E-state index < -0.39 is 0 Å². The van der Waals surface area contributed by atoms with Crippen LogP contribution in [0.4, 0.5) is 0 Å². The average Bonchev–Trinajstić information content (AvgIpc) is 3.86. The maximum absolute atomic E-state index is 10.9. The lowest BCUT2D eigenvalue weighted by atomic mass is 10.1. The Labute approximate surface area is 289 Å². The molecule has 1 fully saturated rings. The molecule has 1 saturated heterocycles. The third-order valence-electron chi connectivity index (χ3n) is 7.48. The number of ether oxygens (including phenoxy) is 3. The van der Waals surface area contributed by atoms with Crippen molar-refractivity contribution in [1.29, 1.82) is 0 Å². The molecule has 0 N–H and O–H groups in total. The Hall–Kier alpha value is -3.12. The highest BCUT2D eigenvalue weighted by atomic mass is 16.6. The van der Waals surface area contributed by atoms with Gasteiger partial charge in [0.15, 0.2) is 0 Å². The van der Waals surface area contributed by atoms with Crippen LogP contribution in [0, 0.1) is 47.4 Å². The molecule has 0 aromatic rings. The fraction of sp³-hybridized carbons (Fsp3) is 0.714. The summed E-state index contributed by atoms with van der Waals surface area (Å²) < 4.78 is 14.7. The molecule has 0 spiro atoms.